The highest BCUT2D eigenvalue weighted by Crippen LogP contribution is 2.12. The largest absolute Gasteiger partial charge is 0.481 e. The summed E-state index contributed by atoms with van der Waals surface area (Å²) in [5.41, 5.74) is 1.57. The van der Waals surface area contributed by atoms with Crippen LogP contribution in [0.15, 0.2) is 18.2 Å². The summed E-state index contributed by atoms with van der Waals surface area (Å²) in [4.78, 5) is 10.4. The van der Waals surface area contributed by atoms with Gasteiger partial charge in [-0.1, -0.05) is 12.1 Å². The van der Waals surface area contributed by atoms with Crippen LogP contribution < -0.4 is 0 Å². The summed E-state index contributed by atoms with van der Waals surface area (Å²) >= 11 is 0. The van der Waals surface area contributed by atoms with Crippen LogP contribution in [0.4, 0.5) is 0 Å². The van der Waals surface area contributed by atoms with Gasteiger partial charge in [-0.25, -0.2) is 0 Å². The second kappa shape index (κ2) is 4.78. The minimum atomic E-state index is -0.938. The Morgan fingerprint density at radius 3 is 2.67 bits per heavy atom. The lowest BCUT2D eigenvalue weighted by Crippen LogP contribution is -2.01. The van der Waals surface area contributed by atoms with E-state index in [1.807, 2.05) is 12.1 Å². The Morgan fingerprint density at radius 1 is 1.40 bits per heavy atom. The summed E-state index contributed by atoms with van der Waals surface area (Å²) in [5.74, 6) is -0.938. The lowest BCUT2D eigenvalue weighted by Gasteiger charge is -2.01. The number of carboxylic acid groups (broad SMARTS) is 1. The third-order valence-electron chi connectivity index (χ3n) is 1.92. The molecule has 74 valence electrons. The zero-order chi connectivity index (χ0) is 11.3. The fourth-order valence-electron chi connectivity index (χ4n) is 1.25. The summed E-state index contributed by atoms with van der Waals surface area (Å²) in [6.45, 7) is 0. The minimum Gasteiger partial charge on any atom is -0.481 e. The molecule has 0 unspecified atom stereocenters. The molecule has 0 radical (unpaired) electrons. The van der Waals surface area contributed by atoms with Crippen molar-refractivity contribution in [2.45, 2.75) is 12.8 Å². The summed E-state index contributed by atoms with van der Waals surface area (Å²) in [6.07, 6.45) is 0.0533. The van der Waals surface area contributed by atoms with Crippen LogP contribution in [-0.4, -0.2) is 11.1 Å². The first-order valence-corrected chi connectivity index (χ1v) is 4.28. The highest BCUT2D eigenvalue weighted by molar-refractivity contribution is 5.70. The molecule has 0 spiro atoms. The van der Waals surface area contributed by atoms with E-state index in [-0.39, 0.29) is 12.8 Å². The van der Waals surface area contributed by atoms with E-state index < -0.39 is 5.97 Å². The van der Waals surface area contributed by atoms with Gasteiger partial charge in [0.25, 0.3) is 0 Å². The number of carboxylic acids is 1. The molecule has 0 fully saturated rings. The van der Waals surface area contributed by atoms with Gasteiger partial charge in [-0.2, -0.15) is 10.5 Å². The molecule has 0 amide bonds. The van der Waals surface area contributed by atoms with E-state index in [9.17, 15) is 4.79 Å². The van der Waals surface area contributed by atoms with Gasteiger partial charge in [0.1, 0.15) is 0 Å². The zero-order valence-electron chi connectivity index (χ0n) is 7.90. The van der Waals surface area contributed by atoms with Crippen molar-refractivity contribution in [3.05, 3.63) is 34.9 Å². The maximum Gasteiger partial charge on any atom is 0.307 e. The molecule has 1 rings (SSSR count). The van der Waals surface area contributed by atoms with Crippen LogP contribution >= 0.6 is 0 Å². The Kier molecular flexibility index (Phi) is 3.43. The second-order valence-electron chi connectivity index (χ2n) is 3.01. The van der Waals surface area contributed by atoms with Crippen LogP contribution in [0.5, 0.6) is 0 Å². The molecule has 1 N–H and O–H groups in total. The van der Waals surface area contributed by atoms with Crippen molar-refractivity contribution < 1.29 is 9.90 Å². The van der Waals surface area contributed by atoms with E-state index in [0.29, 0.717) is 16.7 Å². The normalized spacial score (nSPS) is 8.93. The molecule has 0 saturated carbocycles. The summed E-state index contributed by atoms with van der Waals surface area (Å²) < 4.78 is 0. The molecule has 0 aromatic heterocycles. The van der Waals surface area contributed by atoms with E-state index in [1.165, 1.54) is 6.07 Å². The maximum atomic E-state index is 10.4. The first-order valence-electron chi connectivity index (χ1n) is 4.28. The molecular weight excluding hydrogens is 192 g/mol. The third kappa shape index (κ3) is 2.82. The number of hydrogen-bond acceptors (Lipinski definition) is 3. The first kappa shape index (κ1) is 10.7. The van der Waals surface area contributed by atoms with Crippen molar-refractivity contribution in [2.24, 2.45) is 0 Å². The average molecular weight is 200 g/mol. The van der Waals surface area contributed by atoms with Gasteiger partial charge in [-0.15, -0.1) is 0 Å². The maximum absolute atomic E-state index is 10.4. The number of carbonyl (C=O) groups is 1. The SMILES string of the molecule is N#CCc1ccc(CC(=O)O)cc1C#N. The monoisotopic (exact) mass is 200 g/mol. The van der Waals surface area contributed by atoms with Crippen molar-refractivity contribution in [3.8, 4) is 12.1 Å². The van der Waals surface area contributed by atoms with E-state index in [4.69, 9.17) is 15.6 Å². The predicted octanol–water partition coefficient (Wildman–Crippen LogP) is 1.25. The Hall–Kier alpha value is -2.33. The number of rotatable bonds is 3. The van der Waals surface area contributed by atoms with Gasteiger partial charge in [0.05, 0.1) is 30.5 Å². The lowest BCUT2D eigenvalue weighted by atomic mass is 10.0. The third-order valence-corrected chi connectivity index (χ3v) is 1.92. The number of nitriles is 2. The number of nitrogens with zero attached hydrogens (tertiary/aromatic N) is 2. The molecule has 4 heteroatoms. The number of hydrogen-bond donors (Lipinski definition) is 1. The van der Waals surface area contributed by atoms with E-state index in [2.05, 4.69) is 0 Å². The summed E-state index contributed by atoms with van der Waals surface area (Å²) in [7, 11) is 0. The topological polar surface area (TPSA) is 84.9 Å². The van der Waals surface area contributed by atoms with Crippen LogP contribution in [0.3, 0.4) is 0 Å². The zero-order valence-corrected chi connectivity index (χ0v) is 7.90. The number of benzene rings is 1. The number of aliphatic carboxylic acids is 1. The molecule has 1 aromatic carbocycles. The van der Waals surface area contributed by atoms with Gasteiger partial charge in [0, 0.05) is 0 Å². The predicted molar refractivity (Wildman–Crippen MR) is 51.8 cm³/mol. The van der Waals surface area contributed by atoms with Crippen molar-refractivity contribution in [3.63, 3.8) is 0 Å². The second-order valence-corrected chi connectivity index (χ2v) is 3.01. The summed E-state index contributed by atoms with van der Waals surface area (Å²) in [6, 6.07) is 8.67. The van der Waals surface area contributed by atoms with Crippen LogP contribution in [0, 0.1) is 22.7 Å². The van der Waals surface area contributed by atoms with Gasteiger partial charge in [-0.05, 0) is 17.2 Å². The molecule has 15 heavy (non-hydrogen) atoms. The molecule has 1 aromatic rings. The fourth-order valence-corrected chi connectivity index (χ4v) is 1.25. The standard InChI is InChI=1S/C11H8N2O2/c12-4-3-9-2-1-8(6-11(14)15)5-10(9)7-13/h1-2,5H,3,6H2,(H,14,15). The Bertz CT molecular complexity index is 466. The van der Waals surface area contributed by atoms with Crippen LogP contribution in [0.2, 0.25) is 0 Å². The van der Waals surface area contributed by atoms with Gasteiger partial charge in [-0.3, -0.25) is 4.79 Å². The van der Waals surface area contributed by atoms with Gasteiger partial charge >= 0.3 is 5.97 Å². The van der Waals surface area contributed by atoms with E-state index >= 15 is 0 Å². The lowest BCUT2D eigenvalue weighted by molar-refractivity contribution is -0.136. The molecule has 0 aliphatic carbocycles. The molecule has 0 bridgehead atoms. The van der Waals surface area contributed by atoms with Crippen molar-refractivity contribution in [1.29, 1.82) is 10.5 Å². The van der Waals surface area contributed by atoms with Gasteiger partial charge in [0.15, 0.2) is 0 Å². The van der Waals surface area contributed by atoms with Gasteiger partial charge < -0.3 is 5.11 Å². The highest BCUT2D eigenvalue weighted by atomic mass is 16.4. The Labute approximate surface area is 87.0 Å². The van der Waals surface area contributed by atoms with Gasteiger partial charge in [0.2, 0.25) is 0 Å². The van der Waals surface area contributed by atoms with E-state index in [1.54, 1.807) is 12.1 Å². The van der Waals surface area contributed by atoms with Crippen LogP contribution in [0.25, 0.3) is 0 Å². The highest BCUT2D eigenvalue weighted by Gasteiger charge is 2.05. The Morgan fingerprint density at radius 2 is 2.13 bits per heavy atom. The molecule has 4 nitrogen and oxygen atoms in total. The first-order chi connectivity index (χ1) is 7.17. The van der Waals surface area contributed by atoms with Crippen LogP contribution in [-0.2, 0) is 17.6 Å². The molecule has 0 atom stereocenters. The average Bonchev–Trinajstić information content (AvgIpc) is 2.20. The molecule has 0 aliphatic rings. The van der Waals surface area contributed by atoms with Crippen molar-refractivity contribution in [1.82, 2.24) is 0 Å². The van der Waals surface area contributed by atoms with E-state index in [0.717, 1.165) is 0 Å². The van der Waals surface area contributed by atoms with Crippen molar-refractivity contribution in [2.75, 3.05) is 0 Å². The Balaban J connectivity index is 3.04. The quantitative estimate of drug-likeness (QED) is 0.795. The smallest absolute Gasteiger partial charge is 0.307 e. The molecule has 0 aliphatic heterocycles. The molecular formula is C11H8N2O2. The van der Waals surface area contributed by atoms with Crippen molar-refractivity contribution >= 4 is 5.97 Å². The van der Waals surface area contributed by atoms with Crippen LogP contribution in [0.1, 0.15) is 16.7 Å². The minimum absolute atomic E-state index is 0.110. The fraction of sp³-hybridized carbons (Fsp3) is 0.182. The molecule has 0 saturated heterocycles. The summed E-state index contributed by atoms with van der Waals surface area (Å²) in [5, 5.41) is 25.9. The molecule has 0 heterocycles.